The summed E-state index contributed by atoms with van der Waals surface area (Å²) in [6, 6.07) is 5.58. The molecule has 14 heteroatoms. The summed E-state index contributed by atoms with van der Waals surface area (Å²) in [6.07, 6.45) is -3.42. The minimum atomic E-state index is -4.94. The Morgan fingerprint density at radius 2 is 1.81 bits per heavy atom. The lowest BCUT2D eigenvalue weighted by Gasteiger charge is -2.39. The maximum absolute atomic E-state index is 13.3. The van der Waals surface area contributed by atoms with E-state index in [1.54, 1.807) is 12.1 Å². The summed E-state index contributed by atoms with van der Waals surface area (Å²) >= 11 is 0. The highest BCUT2D eigenvalue weighted by Gasteiger charge is 2.41. The van der Waals surface area contributed by atoms with Gasteiger partial charge < -0.3 is 19.9 Å². The number of pyridine rings is 1. The zero-order chi connectivity index (χ0) is 27.4. The van der Waals surface area contributed by atoms with Crippen LogP contribution in [0.4, 0.5) is 13.2 Å². The summed E-state index contributed by atoms with van der Waals surface area (Å²) in [7, 11) is -4.34. The smallest absolute Gasteiger partial charge is 0.406 e. The van der Waals surface area contributed by atoms with Gasteiger partial charge in [0.1, 0.15) is 11.8 Å². The average Bonchev–Trinajstić information content (AvgIpc) is 2.82. The maximum Gasteiger partial charge on any atom is 0.573 e. The van der Waals surface area contributed by atoms with Gasteiger partial charge in [0.25, 0.3) is 5.56 Å². The molecule has 1 atom stereocenters. The summed E-state index contributed by atoms with van der Waals surface area (Å²) in [5, 5.41) is 2.56. The van der Waals surface area contributed by atoms with Gasteiger partial charge in [0.05, 0.1) is 4.90 Å². The largest absolute Gasteiger partial charge is 0.573 e. The fourth-order valence-electron chi connectivity index (χ4n) is 3.90. The molecule has 0 unspecified atom stereocenters. The Labute approximate surface area is 211 Å². The zero-order valence-corrected chi connectivity index (χ0v) is 21.0. The van der Waals surface area contributed by atoms with E-state index in [0.717, 1.165) is 40.7 Å². The molecule has 1 fully saturated rings. The Morgan fingerprint density at radius 3 is 2.38 bits per heavy atom. The molecule has 1 aliphatic heterocycles. The standard InChI is InChI=1S/C23H27F3N4O6S/c1-3-4-17-6-5-16(21(32)28-17)13-27-22(33)20-14-29(15(2)31)11-12-30(20)37(34,35)19-9-7-18(8-10-19)36-23(24,25)26/h5-10,20H,3-4,11-14H2,1-2H3,(H,27,33)(H,28,32)/t20-/m1/s1. The molecule has 0 radical (unpaired) electrons. The average molecular weight is 545 g/mol. The topological polar surface area (TPSA) is 129 Å². The number of benzene rings is 1. The predicted molar refractivity (Wildman–Crippen MR) is 126 cm³/mol. The summed E-state index contributed by atoms with van der Waals surface area (Å²) in [5.41, 5.74) is 0.629. The van der Waals surface area contributed by atoms with Crippen LogP contribution in [0.15, 0.2) is 46.1 Å². The third kappa shape index (κ3) is 7.10. The molecule has 10 nitrogen and oxygen atoms in total. The van der Waals surface area contributed by atoms with Gasteiger partial charge in [-0.3, -0.25) is 14.4 Å². The van der Waals surface area contributed by atoms with E-state index in [1.807, 2.05) is 6.92 Å². The van der Waals surface area contributed by atoms with Crippen molar-refractivity contribution in [3.05, 3.63) is 58.0 Å². The van der Waals surface area contributed by atoms with Crippen molar-refractivity contribution in [1.29, 1.82) is 0 Å². The van der Waals surface area contributed by atoms with E-state index in [9.17, 15) is 36.0 Å². The molecule has 1 aromatic heterocycles. The number of amides is 2. The van der Waals surface area contributed by atoms with E-state index >= 15 is 0 Å². The third-order valence-electron chi connectivity index (χ3n) is 5.77. The van der Waals surface area contributed by atoms with Crippen molar-refractivity contribution in [2.75, 3.05) is 19.6 Å². The van der Waals surface area contributed by atoms with Gasteiger partial charge in [-0.25, -0.2) is 8.42 Å². The van der Waals surface area contributed by atoms with E-state index in [0.29, 0.717) is 6.42 Å². The van der Waals surface area contributed by atoms with Gasteiger partial charge in [-0.15, -0.1) is 13.2 Å². The van der Waals surface area contributed by atoms with Gasteiger partial charge in [0, 0.05) is 44.4 Å². The fraction of sp³-hybridized carbons (Fsp3) is 0.435. The van der Waals surface area contributed by atoms with Crippen molar-refractivity contribution in [2.45, 2.75) is 50.5 Å². The van der Waals surface area contributed by atoms with Crippen molar-refractivity contribution in [3.63, 3.8) is 0 Å². The lowest BCUT2D eigenvalue weighted by Crippen LogP contribution is -2.61. The number of rotatable bonds is 8. The Balaban J connectivity index is 1.82. The molecule has 0 aliphatic carbocycles. The highest BCUT2D eigenvalue weighted by molar-refractivity contribution is 7.89. The monoisotopic (exact) mass is 544 g/mol. The normalized spacial score (nSPS) is 16.9. The first-order chi connectivity index (χ1) is 17.3. The number of halogens is 3. The maximum atomic E-state index is 13.3. The quantitative estimate of drug-likeness (QED) is 0.521. The molecule has 2 N–H and O–H groups in total. The highest BCUT2D eigenvalue weighted by Crippen LogP contribution is 2.27. The summed E-state index contributed by atoms with van der Waals surface area (Å²) in [5.74, 6) is -1.69. The van der Waals surface area contributed by atoms with Crippen LogP contribution in [-0.4, -0.2) is 66.5 Å². The van der Waals surface area contributed by atoms with E-state index in [-0.39, 0.29) is 48.1 Å². The van der Waals surface area contributed by atoms with Crippen LogP contribution < -0.4 is 15.6 Å². The number of H-pyrrole nitrogens is 1. The van der Waals surface area contributed by atoms with Gasteiger partial charge in [0.2, 0.25) is 21.8 Å². The van der Waals surface area contributed by atoms with Crippen LogP contribution in [0.25, 0.3) is 0 Å². The molecule has 0 spiro atoms. The van der Waals surface area contributed by atoms with Crippen LogP contribution in [0.2, 0.25) is 0 Å². The SMILES string of the molecule is CCCc1ccc(CNC(=O)[C@H]2CN(C(C)=O)CCN2S(=O)(=O)c2ccc(OC(F)(F)F)cc2)c(=O)[nH]1. The molecule has 1 saturated heterocycles. The van der Waals surface area contributed by atoms with E-state index in [4.69, 9.17) is 0 Å². The van der Waals surface area contributed by atoms with Crippen molar-refractivity contribution >= 4 is 21.8 Å². The summed E-state index contributed by atoms with van der Waals surface area (Å²) in [4.78, 5) is 41.1. The molecule has 2 amide bonds. The van der Waals surface area contributed by atoms with E-state index < -0.39 is 34.1 Å². The Kier molecular flexibility index (Phi) is 8.64. The molecule has 0 bridgehead atoms. The number of hydrogen-bond donors (Lipinski definition) is 2. The third-order valence-corrected chi connectivity index (χ3v) is 7.69. The minimum absolute atomic E-state index is 0.0200. The van der Waals surface area contributed by atoms with Gasteiger partial charge in [-0.05, 0) is 36.8 Å². The van der Waals surface area contributed by atoms with Crippen LogP contribution >= 0.6 is 0 Å². The van der Waals surface area contributed by atoms with E-state index in [2.05, 4.69) is 15.0 Å². The number of aromatic nitrogens is 1. The number of nitrogens with one attached hydrogen (secondary N) is 2. The van der Waals surface area contributed by atoms with Gasteiger partial charge in [-0.1, -0.05) is 19.4 Å². The predicted octanol–water partition coefficient (Wildman–Crippen LogP) is 1.76. The lowest BCUT2D eigenvalue weighted by atomic mass is 10.1. The van der Waals surface area contributed by atoms with Crippen LogP contribution in [0.3, 0.4) is 0 Å². The number of aromatic amines is 1. The number of nitrogens with zero attached hydrogens (tertiary/aromatic N) is 2. The summed E-state index contributed by atoms with van der Waals surface area (Å²) in [6.45, 7) is 2.65. The first-order valence-electron chi connectivity index (χ1n) is 11.4. The van der Waals surface area contributed by atoms with Gasteiger partial charge in [0.15, 0.2) is 0 Å². The highest BCUT2D eigenvalue weighted by atomic mass is 32.2. The molecule has 202 valence electrons. The number of sulfonamides is 1. The second-order valence-electron chi connectivity index (χ2n) is 8.42. The lowest BCUT2D eigenvalue weighted by molar-refractivity contribution is -0.274. The van der Waals surface area contributed by atoms with Crippen LogP contribution in [0.5, 0.6) is 5.75 Å². The van der Waals surface area contributed by atoms with Crippen molar-refractivity contribution in [1.82, 2.24) is 19.5 Å². The first-order valence-corrected chi connectivity index (χ1v) is 12.9. The minimum Gasteiger partial charge on any atom is -0.406 e. The van der Waals surface area contributed by atoms with Crippen LogP contribution in [-0.2, 0) is 32.6 Å². The van der Waals surface area contributed by atoms with Crippen LogP contribution in [0, 0.1) is 0 Å². The molecular formula is C23H27F3N4O6S. The van der Waals surface area contributed by atoms with Crippen molar-refractivity contribution in [2.24, 2.45) is 0 Å². The molecule has 2 aromatic rings. The zero-order valence-electron chi connectivity index (χ0n) is 20.2. The Morgan fingerprint density at radius 1 is 1.14 bits per heavy atom. The number of alkyl halides is 3. The Hall–Kier alpha value is -3.39. The molecule has 37 heavy (non-hydrogen) atoms. The van der Waals surface area contributed by atoms with Crippen LogP contribution in [0.1, 0.15) is 31.5 Å². The molecule has 2 heterocycles. The van der Waals surface area contributed by atoms with E-state index in [1.165, 1.54) is 11.8 Å². The number of carbonyl (C=O) groups excluding carboxylic acids is 2. The van der Waals surface area contributed by atoms with Gasteiger partial charge in [-0.2, -0.15) is 4.31 Å². The number of aryl methyl sites for hydroxylation is 1. The second-order valence-corrected chi connectivity index (χ2v) is 10.3. The molecule has 3 rings (SSSR count). The number of piperazine rings is 1. The number of hydrogen-bond acceptors (Lipinski definition) is 6. The number of ether oxygens (including phenoxy) is 1. The second kappa shape index (κ2) is 11.3. The number of carbonyl (C=O) groups is 2. The molecule has 1 aliphatic rings. The summed E-state index contributed by atoms with van der Waals surface area (Å²) < 4.78 is 68.6. The van der Waals surface area contributed by atoms with Gasteiger partial charge >= 0.3 is 6.36 Å². The van der Waals surface area contributed by atoms with Crippen molar-refractivity contribution < 1.29 is 35.9 Å². The molecule has 1 aromatic carbocycles. The first kappa shape index (κ1) is 28.2. The Bertz CT molecular complexity index is 1290. The van der Waals surface area contributed by atoms with Crippen molar-refractivity contribution in [3.8, 4) is 5.75 Å². The fourth-order valence-corrected chi connectivity index (χ4v) is 5.47. The molecular weight excluding hydrogens is 517 g/mol. The molecule has 0 saturated carbocycles.